The largest absolute Gasteiger partial charge is 0.462 e. The molecule has 0 aliphatic carbocycles. The highest BCUT2D eigenvalue weighted by atomic mass is 16.6. The van der Waals surface area contributed by atoms with Gasteiger partial charge in [0, 0.05) is 19.4 Å². The summed E-state index contributed by atoms with van der Waals surface area (Å²) in [6, 6.07) is 0. The lowest BCUT2D eigenvalue weighted by atomic mass is 10.1. The summed E-state index contributed by atoms with van der Waals surface area (Å²) in [5, 5.41) is 0. The highest BCUT2D eigenvalue weighted by Gasteiger charge is 2.17. The zero-order valence-electron chi connectivity index (χ0n) is 42.7. The number of carbonyl (C=O) groups is 2. The van der Waals surface area contributed by atoms with Crippen LogP contribution in [-0.2, 0) is 23.8 Å². The average Bonchev–Trinajstić information content (AvgIpc) is 3.32. The summed E-state index contributed by atoms with van der Waals surface area (Å²) in [4.78, 5) is 25.4. The van der Waals surface area contributed by atoms with Crippen molar-refractivity contribution in [2.45, 2.75) is 219 Å². The molecule has 5 heteroatoms. The van der Waals surface area contributed by atoms with Crippen molar-refractivity contribution in [3.05, 3.63) is 134 Å². The van der Waals surface area contributed by atoms with Crippen molar-refractivity contribution >= 4 is 11.9 Å². The number of unbranched alkanes of at least 4 members (excludes halogenated alkanes) is 14. The minimum atomic E-state index is -0.587. The first kappa shape index (κ1) is 62.0. The van der Waals surface area contributed by atoms with Crippen molar-refractivity contribution in [3.8, 4) is 0 Å². The number of rotatable bonds is 47. The predicted octanol–water partition coefficient (Wildman–Crippen LogP) is 18.3. The summed E-state index contributed by atoms with van der Waals surface area (Å²) in [5.74, 6) is -0.499. The molecule has 0 aromatic carbocycles. The highest BCUT2D eigenvalue weighted by molar-refractivity contribution is 5.70. The van der Waals surface area contributed by atoms with Gasteiger partial charge >= 0.3 is 11.9 Å². The van der Waals surface area contributed by atoms with Crippen LogP contribution < -0.4 is 0 Å². The Kier molecular flexibility index (Phi) is 52.0. The summed E-state index contributed by atoms with van der Waals surface area (Å²) >= 11 is 0. The summed E-state index contributed by atoms with van der Waals surface area (Å²) in [5.41, 5.74) is 0. The Morgan fingerprint density at radius 2 is 0.697 bits per heavy atom. The molecule has 0 amide bonds. The van der Waals surface area contributed by atoms with Crippen LogP contribution in [0.1, 0.15) is 213 Å². The highest BCUT2D eigenvalue weighted by Crippen LogP contribution is 2.12. The molecule has 0 N–H and O–H groups in total. The van der Waals surface area contributed by atoms with Gasteiger partial charge in [0.05, 0.1) is 6.61 Å². The van der Waals surface area contributed by atoms with Crippen molar-refractivity contribution < 1.29 is 23.8 Å². The van der Waals surface area contributed by atoms with E-state index in [-0.39, 0.29) is 25.2 Å². The van der Waals surface area contributed by atoms with E-state index in [1.165, 1.54) is 44.9 Å². The topological polar surface area (TPSA) is 61.8 Å². The maximum absolute atomic E-state index is 12.8. The van der Waals surface area contributed by atoms with Crippen molar-refractivity contribution in [1.29, 1.82) is 0 Å². The van der Waals surface area contributed by atoms with Crippen LogP contribution in [0.5, 0.6) is 0 Å². The van der Waals surface area contributed by atoms with Gasteiger partial charge < -0.3 is 14.2 Å². The molecule has 0 saturated heterocycles. The van der Waals surface area contributed by atoms with Crippen LogP contribution in [0.25, 0.3) is 0 Å². The molecule has 1 atom stereocenters. The normalized spacial score (nSPS) is 13.3. The molecule has 5 nitrogen and oxygen atoms in total. The molecule has 0 rings (SSSR count). The van der Waals surface area contributed by atoms with Gasteiger partial charge in [0.25, 0.3) is 0 Å². The second-order valence-corrected chi connectivity index (χ2v) is 17.0. The SMILES string of the molecule is CC/C=C\C/C=C\C/C=C\C/C=C\C/C=C\CCCCCCOCC(COC(=O)CCC/C=C\C/C=C\C/C=C\C/C=C\C/C=C\CC)OC(=O)CCCCCCC/C=C\CCCCCC. The third kappa shape index (κ3) is 52.7. The van der Waals surface area contributed by atoms with Gasteiger partial charge in [0.1, 0.15) is 6.61 Å². The van der Waals surface area contributed by atoms with Gasteiger partial charge in [-0.1, -0.05) is 206 Å². The van der Waals surface area contributed by atoms with Gasteiger partial charge in [-0.2, -0.15) is 0 Å². The fourth-order valence-electron chi connectivity index (χ4n) is 6.74. The Morgan fingerprint density at radius 1 is 0.348 bits per heavy atom. The van der Waals surface area contributed by atoms with Gasteiger partial charge in [-0.15, -0.1) is 0 Å². The van der Waals surface area contributed by atoms with Gasteiger partial charge in [-0.3, -0.25) is 9.59 Å². The molecule has 0 saturated carbocycles. The van der Waals surface area contributed by atoms with Gasteiger partial charge in [0.2, 0.25) is 0 Å². The summed E-state index contributed by atoms with van der Waals surface area (Å²) in [6.45, 7) is 7.44. The number of allylic oxidation sites excluding steroid dienone is 22. The maximum Gasteiger partial charge on any atom is 0.306 e. The Balaban J connectivity index is 4.44. The van der Waals surface area contributed by atoms with Crippen LogP contribution in [-0.4, -0.2) is 37.9 Å². The summed E-state index contributed by atoms with van der Waals surface area (Å²) in [7, 11) is 0. The Hall–Kier alpha value is -3.96. The third-order valence-corrected chi connectivity index (χ3v) is 10.7. The minimum absolute atomic E-state index is 0.0333. The number of esters is 2. The molecular formula is C61H98O5. The van der Waals surface area contributed by atoms with Crippen LogP contribution in [0, 0.1) is 0 Å². The summed E-state index contributed by atoms with van der Waals surface area (Å²) < 4.78 is 17.3. The lowest BCUT2D eigenvalue weighted by molar-refractivity contribution is -0.163. The number of hydrogen-bond acceptors (Lipinski definition) is 5. The van der Waals surface area contributed by atoms with Crippen LogP contribution >= 0.6 is 0 Å². The number of ether oxygens (including phenoxy) is 3. The molecular weight excluding hydrogens is 813 g/mol. The molecule has 0 bridgehead atoms. The monoisotopic (exact) mass is 911 g/mol. The van der Waals surface area contributed by atoms with E-state index in [0.29, 0.717) is 19.4 Å². The maximum atomic E-state index is 12.8. The standard InChI is InChI=1S/C61H98O5/c1-4-7-10-13-16-19-22-25-27-29-30-31-33-35-38-41-44-47-50-53-56-64-57-59(66-61(63)55-52-49-46-43-40-36-24-21-18-15-12-9-6-3)58-65-60(62)54-51-48-45-42-39-37-34-32-28-26-23-20-17-14-11-8-5-2/h7-8,10-11,16-17,19-21,24-28,30-31,34-35,37-38,42,45,59H,4-6,9,12-15,18,22-23,29,32-33,36,39-41,43-44,46-58H2,1-3H3/b10-7-,11-8-,19-16-,20-17-,24-21-,27-25-,28-26-,31-30-,37-34-,38-35-,45-42-. The van der Waals surface area contributed by atoms with E-state index in [2.05, 4.69) is 154 Å². The van der Waals surface area contributed by atoms with Gasteiger partial charge in [-0.05, 0) is 128 Å². The van der Waals surface area contributed by atoms with E-state index in [9.17, 15) is 9.59 Å². The second-order valence-electron chi connectivity index (χ2n) is 17.0. The van der Waals surface area contributed by atoms with E-state index in [0.717, 1.165) is 135 Å². The van der Waals surface area contributed by atoms with Gasteiger partial charge in [-0.25, -0.2) is 0 Å². The first-order valence-corrected chi connectivity index (χ1v) is 26.7. The minimum Gasteiger partial charge on any atom is -0.462 e. The first-order chi connectivity index (χ1) is 32.6. The lowest BCUT2D eigenvalue weighted by Gasteiger charge is -2.18. The van der Waals surface area contributed by atoms with E-state index >= 15 is 0 Å². The van der Waals surface area contributed by atoms with Crippen molar-refractivity contribution in [2.24, 2.45) is 0 Å². The number of carbonyl (C=O) groups excluding carboxylic acids is 2. The second kappa shape index (κ2) is 55.4. The average molecular weight is 911 g/mol. The molecule has 0 aliphatic heterocycles. The van der Waals surface area contributed by atoms with Gasteiger partial charge in [0.15, 0.2) is 6.10 Å². The molecule has 0 radical (unpaired) electrons. The fraction of sp³-hybridized carbons (Fsp3) is 0.607. The van der Waals surface area contributed by atoms with E-state index in [1.807, 2.05) is 0 Å². The van der Waals surface area contributed by atoms with E-state index in [1.54, 1.807) is 0 Å². The smallest absolute Gasteiger partial charge is 0.306 e. The summed E-state index contributed by atoms with van der Waals surface area (Å²) in [6.07, 6.45) is 79.0. The zero-order chi connectivity index (χ0) is 47.7. The van der Waals surface area contributed by atoms with Crippen molar-refractivity contribution in [3.63, 3.8) is 0 Å². The lowest BCUT2D eigenvalue weighted by Crippen LogP contribution is -2.30. The molecule has 0 heterocycles. The van der Waals surface area contributed by atoms with E-state index in [4.69, 9.17) is 14.2 Å². The molecule has 0 fully saturated rings. The molecule has 1 unspecified atom stereocenters. The van der Waals surface area contributed by atoms with Crippen molar-refractivity contribution in [2.75, 3.05) is 19.8 Å². The molecule has 0 aromatic rings. The fourth-order valence-corrected chi connectivity index (χ4v) is 6.74. The molecule has 66 heavy (non-hydrogen) atoms. The Labute approximate surface area is 407 Å². The predicted molar refractivity (Wildman–Crippen MR) is 288 cm³/mol. The number of hydrogen-bond donors (Lipinski definition) is 0. The third-order valence-electron chi connectivity index (χ3n) is 10.7. The van der Waals surface area contributed by atoms with Crippen LogP contribution in [0.15, 0.2) is 134 Å². The van der Waals surface area contributed by atoms with Crippen LogP contribution in [0.4, 0.5) is 0 Å². The van der Waals surface area contributed by atoms with Crippen molar-refractivity contribution in [1.82, 2.24) is 0 Å². The molecule has 372 valence electrons. The molecule has 0 spiro atoms. The zero-order valence-corrected chi connectivity index (χ0v) is 42.7. The Morgan fingerprint density at radius 3 is 1.15 bits per heavy atom. The first-order valence-electron chi connectivity index (χ1n) is 26.7. The molecule has 0 aliphatic rings. The quantitative estimate of drug-likeness (QED) is 0.0346. The Bertz CT molecular complexity index is 1400. The van der Waals surface area contributed by atoms with Crippen LogP contribution in [0.2, 0.25) is 0 Å². The molecule has 0 aromatic heterocycles. The van der Waals surface area contributed by atoms with Crippen LogP contribution in [0.3, 0.4) is 0 Å². The van der Waals surface area contributed by atoms with E-state index < -0.39 is 6.10 Å².